The second-order valence-corrected chi connectivity index (χ2v) is 6.13. The van der Waals surface area contributed by atoms with Crippen molar-refractivity contribution >= 4 is 0 Å². The summed E-state index contributed by atoms with van der Waals surface area (Å²) in [5.74, 6) is 0. The van der Waals surface area contributed by atoms with Crippen LogP contribution in [0, 0.1) is 0 Å². The van der Waals surface area contributed by atoms with Gasteiger partial charge in [0.15, 0.2) is 0 Å². The second-order valence-electron chi connectivity index (χ2n) is 6.13. The van der Waals surface area contributed by atoms with E-state index in [9.17, 15) is 5.11 Å². The summed E-state index contributed by atoms with van der Waals surface area (Å²) in [5, 5.41) is 17.7. The van der Waals surface area contributed by atoms with Crippen LogP contribution in [0.3, 0.4) is 0 Å². The topological polar surface area (TPSA) is 75.4 Å². The summed E-state index contributed by atoms with van der Waals surface area (Å²) in [6, 6.07) is 8.36. The fraction of sp³-hybridized carbons (Fsp3) is 0.529. The van der Waals surface area contributed by atoms with E-state index in [1.807, 2.05) is 12.1 Å². The molecule has 1 aliphatic heterocycles. The number of aliphatic hydroxyl groups is 1. The third kappa shape index (κ3) is 4.61. The van der Waals surface area contributed by atoms with Crippen molar-refractivity contribution in [1.29, 1.82) is 0 Å². The van der Waals surface area contributed by atoms with Gasteiger partial charge in [0, 0.05) is 32.2 Å². The van der Waals surface area contributed by atoms with Crippen LogP contribution in [-0.4, -0.2) is 70.3 Å². The highest BCUT2D eigenvalue weighted by Gasteiger charge is 2.15. The lowest BCUT2D eigenvalue weighted by Gasteiger charge is -2.29. The van der Waals surface area contributed by atoms with Crippen molar-refractivity contribution in [3.63, 3.8) is 0 Å². The first kappa shape index (κ1) is 17.0. The van der Waals surface area contributed by atoms with Gasteiger partial charge < -0.3 is 15.2 Å². The summed E-state index contributed by atoms with van der Waals surface area (Å²) >= 11 is 0. The zero-order valence-corrected chi connectivity index (χ0v) is 14.0. The van der Waals surface area contributed by atoms with E-state index in [1.54, 1.807) is 11.0 Å². The number of aromatic nitrogens is 3. The van der Waals surface area contributed by atoms with Gasteiger partial charge in [0.1, 0.15) is 12.7 Å². The van der Waals surface area contributed by atoms with Crippen LogP contribution in [0.1, 0.15) is 18.5 Å². The predicted octanol–water partition coefficient (Wildman–Crippen LogP) is 0.611. The molecule has 7 nitrogen and oxygen atoms in total. The Kier molecular flexibility index (Phi) is 5.92. The first-order chi connectivity index (χ1) is 11.7. The van der Waals surface area contributed by atoms with E-state index in [2.05, 4.69) is 39.4 Å². The molecule has 2 unspecified atom stereocenters. The van der Waals surface area contributed by atoms with Crippen LogP contribution < -0.4 is 5.32 Å². The third-order valence-corrected chi connectivity index (χ3v) is 4.31. The fourth-order valence-corrected chi connectivity index (χ4v) is 2.83. The Hall–Kier alpha value is -1.80. The summed E-state index contributed by atoms with van der Waals surface area (Å²) in [6.07, 6.45) is 2.83. The smallest absolute Gasteiger partial charge is 0.138 e. The van der Waals surface area contributed by atoms with Crippen LogP contribution >= 0.6 is 0 Å². The van der Waals surface area contributed by atoms with E-state index in [0.29, 0.717) is 13.1 Å². The molecule has 0 radical (unpaired) electrons. The fourth-order valence-electron chi connectivity index (χ4n) is 2.83. The summed E-state index contributed by atoms with van der Waals surface area (Å²) in [7, 11) is 0. The Morgan fingerprint density at radius 3 is 2.67 bits per heavy atom. The highest BCUT2D eigenvalue weighted by atomic mass is 16.5. The molecular formula is C17H25N5O2. The Morgan fingerprint density at radius 2 is 2.00 bits per heavy atom. The van der Waals surface area contributed by atoms with E-state index in [1.165, 1.54) is 11.9 Å². The van der Waals surface area contributed by atoms with Crippen LogP contribution in [0.2, 0.25) is 0 Å². The monoisotopic (exact) mass is 331 g/mol. The average molecular weight is 331 g/mol. The minimum atomic E-state index is -0.375. The zero-order chi connectivity index (χ0) is 16.8. The summed E-state index contributed by atoms with van der Waals surface area (Å²) in [4.78, 5) is 6.20. The van der Waals surface area contributed by atoms with Gasteiger partial charge in [-0.25, -0.2) is 9.67 Å². The highest BCUT2D eigenvalue weighted by Crippen LogP contribution is 2.15. The number of aliphatic hydroxyl groups excluding tert-OH is 1. The lowest BCUT2D eigenvalue weighted by Crippen LogP contribution is -2.44. The molecule has 130 valence electrons. The lowest BCUT2D eigenvalue weighted by atomic mass is 10.1. The summed E-state index contributed by atoms with van der Waals surface area (Å²) in [6.45, 7) is 6.68. The van der Waals surface area contributed by atoms with Crippen LogP contribution in [-0.2, 0) is 4.74 Å². The maximum Gasteiger partial charge on any atom is 0.138 e. The minimum absolute atomic E-state index is 0.175. The molecule has 0 amide bonds. The number of β-amino-alcohol motifs (C(OH)–C–C–N with tert-alkyl or cyclic N) is 1. The van der Waals surface area contributed by atoms with Crippen molar-refractivity contribution < 1.29 is 9.84 Å². The van der Waals surface area contributed by atoms with Gasteiger partial charge in [-0.3, -0.25) is 4.90 Å². The first-order valence-electron chi connectivity index (χ1n) is 8.39. The van der Waals surface area contributed by atoms with Crippen molar-refractivity contribution in [1.82, 2.24) is 25.0 Å². The molecule has 2 heterocycles. The van der Waals surface area contributed by atoms with E-state index < -0.39 is 0 Å². The molecule has 2 atom stereocenters. The Balaban J connectivity index is 1.46. The Morgan fingerprint density at radius 1 is 1.25 bits per heavy atom. The minimum Gasteiger partial charge on any atom is -0.390 e. The van der Waals surface area contributed by atoms with Gasteiger partial charge in [-0.05, 0) is 24.6 Å². The van der Waals surface area contributed by atoms with Gasteiger partial charge in [-0.15, -0.1) is 0 Å². The SMILES string of the molecule is CC(NCC(O)CN1CCOCC1)c1ccc(-n2cncn2)cc1. The predicted molar refractivity (Wildman–Crippen MR) is 91.0 cm³/mol. The molecule has 3 rings (SSSR count). The molecule has 7 heteroatoms. The molecule has 0 aliphatic carbocycles. The Bertz CT molecular complexity index is 596. The molecule has 0 saturated carbocycles. The summed E-state index contributed by atoms with van der Waals surface area (Å²) < 4.78 is 7.05. The van der Waals surface area contributed by atoms with Crippen LogP contribution in [0.4, 0.5) is 0 Å². The summed E-state index contributed by atoms with van der Waals surface area (Å²) in [5.41, 5.74) is 2.16. The number of hydrogen-bond donors (Lipinski definition) is 2. The number of nitrogens with zero attached hydrogens (tertiary/aromatic N) is 4. The molecule has 1 saturated heterocycles. The molecule has 1 aromatic heterocycles. The van der Waals surface area contributed by atoms with Gasteiger partial charge in [0.25, 0.3) is 0 Å². The van der Waals surface area contributed by atoms with E-state index in [4.69, 9.17) is 4.74 Å². The number of hydrogen-bond acceptors (Lipinski definition) is 6. The Labute approximate surface area is 142 Å². The third-order valence-electron chi connectivity index (χ3n) is 4.31. The van der Waals surface area contributed by atoms with Crippen molar-refractivity contribution in [2.75, 3.05) is 39.4 Å². The van der Waals surface area contributed by atoms with Gasteiger partial charge in [-0.2, -0.15) is 5.10 Å². The molecular weight excluding hydrogens is 306 g/mol. The van der Waals surface area contributed by atoms with Gasteiger partial charge >= 0.3 is 0 Å². The molecule has 1 fully saturated rings. The largest absolute Gasteiger partial charge is 0.390 e. The molecule has 0 bridgehead atoms. The highest BCUT2D eigenvalue weighted by molar-refractivity contribution is 5.34. The maximum absolute atomic E-state index is 10.2. The van der Waals surface area contributed by atoms with Crippen molar-refractivity contribution in [3.8, 4) is 5.69 Å². The van der Waals surface area contributed by atoms with Gasteiger partial charge in [0.05, 0.1) is 25.0 Å². The van der Waals surface area contributed by atoms with Crippen LogP contribution in [0.15, 0.2) is 36.9 Å². The van der Waals surface area contributed by atoms with E-state index >= 15 is 0 Å². The molecule has 0 spiro atoms. The van der Waals surface area contributed by atoms with E-state index in [-0.39, 0.29) is 12.1 Å². The average Bonchev–Trinajstić information content (AvgIpc) is 3.15. The van der Waals surface area contributed by atoms with Crippen molar-refractivity contribution in [2.45, 2.75) is 19.1 Å². The standard InChI is InChI=1S/C17H25N5O2/c1-14(19-10-17(23)11-21-6-8-24-9-7-21)15-2-4-16(5-3-15)22-13-18-12-20-22/h2-5,12-14,17,19,23H,6-11H2,1H3. The number of rotatable bonds is 7. The normalized spacial score (nSPS) is 18.4. The van der Waals surface area contributed by atoms with Crippen molar-refractivity contribution in [3.05, 3.63) is 42.5 Å². The quantitative estimate of drug-likeness (QED) is 0.774. The molecule has 2 aromatic rings. The zero-order valence-electron chi connectivity index (χ0n) is 14.0. The number of benzene rings is 1. The molecule has 2 N–H and O–H groups in total. The molecule has 24 heavy (non-hydrogen) atoms. The number of ether oxygens (including phenoxy) is 1. The van der Waals surface area contributed by atoms with E-state index in [0.717, 1.165) is 32.0 Å². The second kappa shape index (κ2) is 8.34. The van der Waals surface area contributed by atoms with Crippen LogP contribution in [0.25, 0.3) is 5.69 Å². The number of morpholine rings is 1. The maximum atomic E-state index is 10.2. The van der Waals surface area contributed by atoms with Gasteiger partial charge in [-0.1, -0.05) is 12.1 Å². The molecule has 1 aromatic carbocycles. The number of nitrogens with one attached hydrogen (secondary N) is 1. The lowest BCUT2D eigenvalue weighted by molar-refractivity contribution is 0.0145. The van der Waals surface area contributed by atoms with Gasteiger partial charge in [0.2, 0.25) is 0 Å². The van der Waals surface area contributed by atoms with Crippen LogP contribution in [0.5, 0.6) is 0 Å². The van der Waals surface area contributed by atoms with Crippen molar-refractivity contribution in [2.24, 2.45) is 0 Å². The molecule has 1 aliphatic rings. The first-order valence-corrected chi connectivity index (χ1v) is 8.39.